The van der Waals surface area contributed by atoms with Crippen molar-refractivity contribution in [2.75, 3.05) is 0 Å². The van der Waals surface area contributed by atoms with Gasteiger partial charge < -0.3 is 5.11 Å². The van der Waals surface area contributed by atoms with E-state index < -0.39 is 12.0 Å². The van der Waals surface area contributed by atoms with E-state index in [1.807, 2.05) is 0 Å². The van der Waals surface area contributed by atoms with Crippen LogP contribution in [0.3, 0.4) is 0 Å². The van der Waals surface area contributed by atoms with Crippen LogP contribution in [0, 0.1) is 0 Å². The zero-order valence-electron chi connectivity index (χ0n) is 6.54. The Morgan fingerprint density at radius 2 is 1.92 bits per heavy atom. The van der Waals surface area contributed by atoms with E-state index in [-0.39, 0.29) is 5.56 Å². The smallest absolute Gasteiger partial charge is 0.270 e. The van der Waals surface area contributed by atoms with Crippen molar-refractivity contribution in [3.63, 3.8) is 0 Å². The van der Waals surface area contributed by atoms with Gasteiger partial charge in [-0.05, 0) is 24.6 Å². The monoisotopic (exact) mass is 173 g/mol. The molecular formula is C8H9F2NO. The third-order valence-corrected chi connectivity index (χ3v) is 1.69. The van der Waals surface area contributed by atoms with Crippen molar-refractivity contribution in [2.24, 2.45) is 0 Å². The number of halogens is 2. The molecule has 12 heavy (non-hydrogen) atoms. The van der Waals surface area contributed by atoms with Crippen LogP contribution >= 0.6 is 0 Å². The number of hydrogen-bond donors (Lipinski definition) is 1. The fraction of sp³-hybridized carbons (Fsp3) is 0.375. The Bertz CT molecular complexity index is 248. The van der Waals surface area contributed by atoms with Crippen molar-refractivity contribution in [1.82, 2.24) is 4.98 Å². The summed E-state index contributed by atoms with van der Waals surface area (Å²) in [6, 6.07) is 2.73. The van der Waals surface area contributed by atoms with E-state index in [1.165, 1.54) is 24.5 Å². The van der Waals surface area contributed by atoms with Gasteiger partial charge in [0.1, 0.15) is 5.60 Å². The molecule has 0 aliphatic rings. The number of hydrogen-bond acceptors (Lipinski definition) is 2. The lowest BCUT2D eigenvalue weighted by atomic mass is 9.98. The summed E-state index contributed by atoms with van der Waals surface area (Å²) < 4.78 is 24.5. The van der Waals surface area contributed by atoms with Gasteiger partial charge in [-0.2, -0.15) is 0 Å². The quantitative estimate of drug-likeness (QED) is 0.736. The van der Waals surface area contributed by atoms with Crippen molar-refractivity contribution in [3.8, 4) is 0 Å². The molecule has 0 bridgehead atoms. The van der Waals surface area contributed by atoms with Crippen LogP contribution < -0.4 is 0 Å². The molecule has 2 nitrogen and oxygen atoms in total. The molecule has 0 saturated carbocycles. The molecular weight excluding hydrogens is 164 g/mol. The first-order valence-electron chi connectivity index (χ1n) is 3.46. The Morgan fingerprint density at radius 3 is 2.33 bits per heavy atom. The van der Waals surface area contributed by atoms with E-state index in [1.54, 1.807) is 0 Å². The average Bonchev–Trinajstić information content (AvgIpc) is 2.06. The number of aromatic nitrogens is 1. The van der Waals surface area contributed by atoms with Crippen LogP contribution in [-0.2, 0) is 5.60 Å². The molecule has 1 aromatic rings. The molecule has 4 heteroatoms. The van der Waals surface area contributed by atoms with E-state index in [4.69, 9.17) is 0 Å². The van der Waals surface area contributed by atoms with Crippen LogP contribution in [0.5, 0.6) is 0 Å². The molecule has 0 aliphatic carbocycles. The predicted molar refractivity (Wildman–Crippen MR) is 39.8 cm³/mol. The molecule has 1 aromatic heterocycles. The maximum Gasteiger partial charge on any atom is 0.270 e. The molecule has 0 unspecified atom stereocenters. The predicted octanol–water partition coefficient (Wildman–Crippen LogP) is 1.55. The Hall–Kier alpha value is -1.03. The summed E-state index contributed by atoms with van der Waals surface area (Å²) in [6.45, 7) is 1.08. The lowest BCUT2D eigenvalue weighted by Crippen LogP contribution is -2.30. The molecule has 1 N–H and O–H groups in total. The largest absolute Gasteiger partial charge is 0.379 e. The van der Waals surface area contributed by atoms with Crippen molar-refractivity contribution in [1.29, 1.82) is 0 Å². The molecule has 0 fully saturated rings. The van der Waals surface area contributed by atoms with Gasteiger partial charge in [0.2, 0.25) is 0 Å². The molecule has 1 atom stereocenters. The van der Waals surface area contributed by atoms with E-state index in [2.05, 4.69) is 4.98 Å². The van der Waals surface area contributed by atoms with E-state index in [0.29, 0.717) is 0 Å². The van der Waals surface area contributed by atoms with Gasteiger partial charge in [-0.3, -0.25) is 4.98 Å². The van der Waals surface area contributed by atoms with Crippen LogP contribution in [0.15, 0.2) is 24.5 Å². The Balaban J connectivity index is 2.98. The summed E-state index contributed by atoms with van der Waals surface area (Å²) in [5.74, 6) is 0. The minimum atomic E-state index is -2.79. The zero-order chi connectivity index (χ0) is 9.19. The van der Waals surface area contributed by atoms with Gasteiger partial charge >= 0.3 is 0 Å². The first kappa shape index (κ1) is 9.06. The topological polar surface area (TPSA) is 33.1 Å². The number of pyridine rings is 1. The molecule has 1 rings (SSSR count). The normalized spacial score (nSPS) is 16.1. The van der Waals surface area contributed by atoms with Gasteiger partial charge in [-0.25, -0.2) is 8.78 Å². The number of nitrogens with zero attached hydrogens (tertiary/aromatic N) is 1. The standard InChI is InChI=1S/C8H9F2NO/c1-8(12,7(9)10)6-2-4-11-5-3-6/h2-5,7,12H,1H3/t8-/m0/s1. The van der Waals surface area contributed by atoms with Crippen molar-refractivity contribution in [3.05, 3.63) is 30.1 Å². The highest BCUT2D eigenvalue weighted by Crippen LogP contribution is 2.26. The first-order valence-corrected chi connectivity index (χ1v) is 3.46. The Labute approximate surface area is 68.9 Å². The third-order valence-electron chi connectivity index (χ3n) is 1.69. The first-order chi connectivity index (χ1) is 5.55. The number of alkyl halides is 2. The van der Waals surface area contributed by atoms with Crippen LogP contribution in [0.1, 0.15) is 12.5 Å². The molecule has 0 aliphatic heterocycles. The van der Waals surface area contributed by atoms with Gasteiger partial charge in [0.25, 0.3) is 6.43 Å². The van der Waals surface area contributed by atoms with Crippen molar-refractivity contribution in [2.45, 2.75) is 19.0 Å². The van der Waals surface area contributed by atoms with Crippen LogP contribution in [-0.4, -0.2) is 16.5 Å². The van der Waals surface area contributed by atoms with Gasteiger partial charge in [0, 0.05) is 12.4 Å². The summed E-state index contributed by atoms with van der Waals surface area (Å²) >= 11 is 0. The van der Waals surface area contributed by atoms with E-state index in [9.17, 15) is 13.9 Å². The SMILES string of the molecule is C[C@](O)(c1ccncc1)C(F)F. The van der Waals surface area contributed by atoms with Gasteiger partial charge in [-0.1, -0.05) is 0 Å². The second-order valence-corrected chi connectivity index (χ2v) is 2.68. The molecule has 0 saturated heterocycles. The van der Waals surface area contributed by atoms with Crippen LogP contribution in [0.25, 0.3) is 0 Å². The van der Waals surface area contributed by atoms with Crippen molar-refractivity contribution >= 4 is 0 Å². The maximum atomic E-state index is 12.2. The lowest BCUT2D eigenvalue weighted by molar-refractivity contribution is -0.0883. The molecule has 66 valence electrons. The minimum absolute atomic E-state index is 0.174. The average molecular weight is 173 g/mol. The second-order valence-electron chi connectivity index (χ2n) is 2.68. The summed E-state index contributed by atoms with van der Waals surface area (Å²) in [7, 11) is 0. The zero-order valence-corrected chi connectivity index (χ0v) is 6.54. The Morgan fingerprint density at radius 1 is 1.42 bits per heavy atom. The lowest BCUT2D eigenvalue weighted by Gasteiger charge is -2.21. The summed E-state index contributed by atoms with van der Waals surface area (Å²) in [5.41, 5.74) is -1.91. The second kappa shape index (κ2) is 3.15. The van der Waals surface area contributed by atoms with Gasteiger partial charge in [0.15, 0.2) is 0 Å². The molecule has 1 heterocycles. The third kappa shape index (κ3) is 1.58. The molecule has 0 spiro atoms. The summed E-state index contributed by atoms with van der Waals surface area (Å²) in [6.07, 6.45) is -0.0573. The highest BCUT2D eigenvalue weighted by Gasteiger charge is 2.33. The fourth-order valence-electron chi connectivity index (χ4n) is 0.815. The van der Waals surface area contributed by atoms with E-state index in [0.717, 1.165) is 6.92 Å². The minimum Gasteiger partial charge on any atom is -0.379 e. The summed E-state index contributed by atoms with van der Waals surface area (Å²) in [4.78, 5) is 3.66. The highest BCUT2D eigenvalue weighted by molar-refractivity contribution is 5.18. The van der Waals surface area contributed by atoms with Crippen LogP contribution in [0.2, 0.25) is 0 Å². The summed E-state index contributed by atoms with van der Waals surface area (Å²) in [5, 5.41) is 9.29. The van der Waals surface area contributed by atoms with Gasteiger partial charge in [0.05, 0.1) is 0 Å². The number of rotatable bonds is 2. The molecule has 0 aromatic carbocycles. The fourth-order valence-corrected chi connectivity index (χ4v) is 0.815. The van der Waals surface area contributed by atoms with E-state index >= 15 is 0 Å². The van der Waals surface area contributed by atoms with Gasteiger partial charge in [-0.15, -0.1) is 0 Å². The maximum absolute atomic E-state index is 12.2. The molecule has 0 radical (unpaired) electrons. The van der Waals surface area contributed by atoms with Crippen LogP contribution in [0.4, 0.5) is 8.78 Å². The van der Waals surface area contributed by atoms with Crippen molar-refractivity contribution < 1.29 is 13.9 Å². The Kier molecular flexibility index (Phi) is 2.38. The highest BCUT2D eigenvalue weighted by atomic mass is 19.3. The number of aliphatic hydroxyl groups is 1. The molecule has 0 amide bonds.